The van der Waals surface area contributed by atoms with Gasteiger partial charge >= 0.3 is 5.69 Å². The van der Waals surface area contributed by atoms with Crippen LogP contribution in [0.5, 0.6) is 5.88 Å². The second-order valence-corrected chi connectivity index (χ2v) is 9.30. The molecule has 2 atom stereocenters. The zero-order chi connectivity index (χ0) is 23.3. The topological polar surface area (TPSA) is 98.7 Å². The van der Waals surface area contributed by atoms with E-state index in [4.69, 9.17) is 4.74 Å². The maximum absolute atomic E-state index is 13.7. The van der Waals surface area contributed by atoms with Gasteiger partial charge in [-0.3, -0.25) is 14.0 Å². The molecule has 0 bridgehead atoms. The van der Waals surface area contributed by atoms with Crippen LogP contribution in [0, 0.1) is 0 Å². The van der Waals surface area contributed by atoms with Gasteiger partial charge in [-0.1, -0.05) is 6.42 Å². The van der Waals surface area contributed by atoms with Crippen molar-refractivity contribution in [3.8, 4) is 5.88 Å². The number of carbonyl (C=O) groups excluding carboxylic acids is 1. The summed E-state index contributed by atoms with van der Waals surface area (Å²) >= 11 is 0. The number of anilines is 2. The maximum Gasteiger partial charge on any atom is 0.334 e. The lowest BCUT2D eigenvalue weighted by Crippen LogP contribution is -2.35. The fraction of sp³-hybridized carbons (Fsp3) is 0.565. The monoisotopic (exact) mass is 453 g/mol. The van der Waals surface area contributed by atoms with Gasteiger partial charge in [-0.15, -0.1) is 5.10 Å². The van der Waals surface area contributed by atoms with Crippen molar-refractivity contribution >= 4 is 22.9 Å². The number of rotatable bonds is 6. The van der Waals surface area contributed by atoms with Crippen molar-refractivity contribution in [2.75, 3.05) is 19.5 Å². The van der Waals surface area contributed by atoms with E-state index in [0.29, 0.717) is 23.1 Å². The summed E-state index contributed by atoms with van der Waals surface area (Å²) < 4.78 is 10.7. The van der Waals surface area contributed by atoms with Gasteiger partial charge in [-0.25, -0.2) is 14.2 Å². The molecule has 10 nitrogen and oxygen atoms in total. The van der Waals surface area contributed by atoms with Crippen molar-refractivity contribution in [1.29, 1.82) is 0 Å². The molecule has 2 aliphatic rings. The molecule has 33 heavy (non-hydrogen) atoms. The number of aromatic nitrogens is 5. The van der Waals surface area contributed by atoms with E-state index in [1.807, 2.05) is 37.3 Å². The Morgan fingerprint density at radius 1 is 1.21 bits per heavy atom. The second kappa shape index (κ2) is 8.24. The van der Waals surface area contributed by atoms with E-state index in [9.17, 15) is 9.59 Å². The summed E-state index contributed by atoms with van der Waals surface area (Å²) in [7, 11) is 5.25. The Balaban J connectivity index is 1.59. The number of hydrogen-bond donors (Lipinski definition) is 1. The Morgan fingerprint density at radius 2 is 2.00 bits per heavy atom. The van der Waals surface area contributed by atoms with Gasteiger partial charge in [-0.05, 0) is 32.1 Å². The van der Waals surface area contributed by atoms with Crippen molar-refractivity contribution in [3.05, 3.63) is 34.8 Å². The molecular weight excluding hydrogens is 422 g/mol. The zero-order valence-electron chi connectivity index (χ0n) is 19.6. The van der Waals surface area contributed by atoms with Crippen molar-refractivity contribution < 1.29 is 9.53 Å². The summed E-state index contributed by atoms with van der Waals surface area (Å²) in [6, 6.07) is 0.153. The Labute approximate surface area is 192 Å². The molecule has 3 aromatic rings. The molecule has 10 heteroatoms. The number of nitrogens with one attached hydrogen (secondary N) is 1. The third-order valence-corrected chi connectivity index (χ3v) is 7.31. The van der Waals surface area contributed by atoms with Gasteiger partial charge < -0.3 is 15.0 Å². The Kier molecular flexibility index (Phi) is 5.38. The number of hydrogen-bond acceptors (Lipinski definition) is 6. The van der Waals surface area contributed by atoms with E-state index < -0.39 is 0 Å². The van der Waals surface area contributed by atoms with E-state index in [1.165, 1.54) is 6.42 Å². The fourth-order valence-corrected chi connectivity index (χ4v) is 5.11. The Morgan fingerprint density at radius 3 is 2.67 bits per heavy atom. The Hall–Kier alpha value is -3.30. The summed E-state index contributed by atoms with van der Waals surface area (Å²) in [5.41, 5.74) is 2.96. The summed E-state index contributed by atoms with van der Waals surface area (Å²) in [5, 5.41) is 7.73. The normalized spacial score (nSPS) is 20.7. The van der Waals surface area contributed by atoms with Crippen LogP contribution in [-0.2, 0) is 11.8 Å². The van der Waals surface area contributed by atoms with Crippen LogP contribution in [0.1, 0.15) is 63.1 Å². The van der Waals surface area contributed by atoms with E-state index in [-0.39, 0.29) is 23.7 Å². The molecule has 3 heterocycles. The molecule has 5 rings (SSSR count). The molecule has 3 aromatic heterocycles. The van der Waals surface area contributed by atoms with Crippen LogP contribution in [0.15, 0.2) is 23.4 Å². The molecule has 1 N–H and O–H groups in total. The summed E-state index contributed by atoms with van der Waals surface area (Å²) in [5.74, 6) is 0.893. The van der Waals surface area contributed by atoms with Gasteiger partial charge in [-0.2, -0.15) is 0 Å². The lowest BCUT2D eigenvalue weighted by molar-refractivity contribution is -0.129. The second-order valence-electron chi connectivity index (χ2n) is 9.30. The third-order valence-electron chi connectivity index (χ3n) is 7.31. The number of methoxy groups -OCH3 is 1. The standard InChI is InChI=1S/C23H31N7O3/c1-14(31)28(3)16-8-9-17(10-16)29-13-18(25-19-12-27(2)26-22(19)33-4)21-24-11-20(15-6-5-7-15)30(21)23(29)32/h11-13,15-17,25H,5-10H2,1-4H3. The first-order chi connectivity index (χ1) is 15.9. The van der Waals surface area contributed by atoms with E-state index in [2.05, 4.69) is 15.4 Å². The van der Waals surface area contributed by atoms with Gasteiger partial charge in [0.25, 0.3) is 5.88 Å². The van der Waals surface area contributed by atoms with Gasteiger partial charge in [0.2, 0.25) is 5.91 Å². The maximum atomic E-state index is 13.7. The minimum absolute atomic E-state index is 0.0154. The van der Waals surface area contributed by atoms with Crippen LogP contribution in [0.3, 0.4) is 0 Å². The minimum Gasteiger partial charge on any atom is -0.478 e. The lowest BCUT2D eigenvalue weighted by atomic mass is 9.83. The number of fused-ring (bicyclic) bond motifs is 1. The first-order valence-electron chi connectivity index (χ1n) is 11.6. The average Bonchev–Trinajstić information content (AvgIpc) is 3.47. The van der Waals surface area contributed by atoms with Gasteiger partial charge in [0.05, 0.1) is 24.7 Å². The summed E-state index contributed by atoms with van der Waals surface area (Å²) in [6.45, 7) is 1.59. The molecule has 2 fully saturated rings. The van der Waals surface area contributed by atoms with Crippen LogP contribution in [-0.4, -0.2) is 54.7 Å². The predicted octanol–water partition coefficient (Wildman–Crippen LogP) is 2.82. The smallest absolute Gasteiger partial charge is 0.334 e. The van der Waals surface area contributed by atoms with Gasteiger partial charge in [0.15, 0.2) is 5.65 Å². The van der Waals surface area contributed by atoms with Crippen LogP contribution in [0.4, 0.5) is 11.4 Å². The minimum atomic E-state index is -0.0655. The van der Waals surface area contributed by atoms with Crippen LogP contribution >= 0.6 is 0 Å². The largest absolute Gasteiger partial charge is 0.478 e. The number of imidazole rings is 1. The molecule has 1 amide bonds. The summed E-state index contributed by atoms with van der Waals surface area (Å²) in [4.78, 5) is 32.0. The molecule has 0 radical (unpaired) electrons. The average molecular weight is 454 g/mol. The SMILES string of the molecule is COc1nn(C)cc1Nc1cn(C2CCC(N(C)C(C)=O)C2)c(=O)n2c(C3CCC3)cnc12. The predicted molar refractivity (Wildman–Crippen MR) is 124 cm³/mol. The van der Waals surface area contributed by atoms with Crippen molar-refractivity contribution in [2.45, 2.75) is 63.5 Å². The highest BCUT2D eigenvalue weighted by atomic mass is 16.5. The quantitative estimate of drug-likeness (QED) is 0.616. The van der Waals surface area contributed by atoms with Gasteiger partial charge in [0, 0.05) is 51.4 Å². The molecular formula is C23H31N7O3. The number of nitrogens with zero attached hydrogens (tertiary/aromatic N) is 6. The molecule has 2 unspecified atom stereocenters. The van der Waals surface area contributed by atoms with Crippen LogP contribution in [0.2, 0.25) is 0 Å². The Bertz CT molecular complexity index is 1250. The number of carbonyl (C=O) groups is 1. The molecule has 0 aliphatic heterocycles. The lowest BCUT2D eigenvalue weighted by Gasteiger charge is -2.26. The number of ether oxygens (including phenoxy) is 1. The molecule has 0 aromatic carbocycles. The van der Waals surface area contributed by atoms with E-state index >= 15 is 0 Å². The highest BCUT2D eigenvalue weighted by Crippen LogP contribution is 2.38. The molecule has 0 spiro atoms. The number of amides is 1. The van der Waals surface area contributed by atoms with Gasteiger partial charge in [0.1, 0.15) is 5.69 Å². The third kappa shape index (κ3) is 3.67. The van der Waals surface area contributed by atoms with E-state index in [1.54, 1.807) is 28.0 Å². The molecule has 2 saturated carbocycles. The number of aryl methyl sites for hydroxylation is 1. The molecule has 2 aliphatic carbocycles. The highest BCUT2D eigenvalue weighted by Gasteiger charge is 2.32. The van der Waals surface area contributed by atoms with Crippen LogP contribution < -0.4 is 15.7 Å². The highest BCUT2D eigenvalue weighted by molar-refractivity contribution is 5.75. The summed E-state index contributed by atoms with van der Waals surface area (Å²) in [6.07, 6.45) is 11.4. The fourth-order valence-electron chi connectivity index (χ4n) is 5.11. The van der Waals surface area contributed by atoms with E-state index in [0.717, 1.165) is 43.5 Å². The zero-order valence-corrected chi connectivity index (χ0v) is 19.6. The molecule has 176 valence electrons. The van der Waals surface area contributed by atoms with Crippen molar-refractivity contribution in [1.82, 2.24) is 28.6 Å². The first kappa shape index (κ1) is 21.5. The molecule has 0 saturated heterocycles. The first-order valence-corrected chi connectivity index (χ1v) is 11.6. The van der Waals surface area contributed by atoms with Crippen LogP contribution in [0.25, 0.3) is 5.65 Å². The van der Waals surface area contributed by atoms with Crippen molar-refractivity contribution in [3.63, 3.8) is 0 Å². The van der Waals surface area contributed by atoms with Crippen molar-refractivity contribution in [2.24, 2.45) is 7.05 Å².